The molecule has 3 N–H and O–H groups in total. The Bertz CT molecular complexity index is 256. The fourth-order valence-electron chi connectivity index (χ4n) is 1.07. The third-order valence-electron chi connectivity index (χ3n) is 1.75. The highest BCUT2D eigenvalue weighted by molar-refractivity contribution is 7.99. The van der Waals surface area contributed by atoms with Gasteiger partial charge in [-0.2, -0.15) is 16.9 Å². The van der Waals surface area contributed by atoms with Crippen molar-refractivity contribution in [1.82, 2.24) is 15.5 Å². The van der Waals surface area contributed by atoms with Gasteiger partial charge in [-0.05, 0) is 19.9 Å². The van der Waals surface area contributed by atoms with Gasteiger partial charge in [0.1, 0.15) is 0 Å². The maximum absolute atomic E-state index is 9.47. The Morgan fingerprint density at radius 3 is 3.00 bits per heavy atom. The predicted molar refractivity (Wildman–Crippen MR) is 63.9 cm³/mol. The number of aromatic amines is 1. The summed E-state index contributed by atoms with van der Waals surface area (Å²) < 4.78 is 0. The third-order valence-corrected chi connectivity index (χ3v) is 3.16. The van der Waals surface area contributed by atoms with Crippen molar-refractivity contribution >= 4 is 11.8 Å². The molecule has 0 aromatic carbocycles. The first-order valence-electron chi connectivity index (χ1n) is 5.07. The second kappa shape index (κ2) is 6.15. The zero-order valence-electron chi connectivity index (χ0n) is 9.29. The van der Waals surface area contributed by atoms with Gasteiger partial charge in [0.2, 0.25) is 0 Å². The molecule has 0 amide bonds. The van der Waals surface area contributed by atoms with Crippen LogP contribution < -0.4 is 5.32 Å². The molecule has 1 aromatic rings. The van der Waals surface area contributed by atoms with Crippen LogP contribution in [0.2, 0.25) is 0 Å². The summed E-state index contributed by atoms with van der Waals surface area (Å²) in [4.78, 5) is 0. The number of H-pyrrole nitrogens is 1. The molecule has 1 heterocycles. The fraction of sp³-hybridized carbons (Fsp3) is 0.700. The van der Waals surface area contributed by atoms with E-state index in [2.05, 4.69) is 15.5 Å². The summed E-state index contributed by atoms with van der Waals surface area (Å²) in [6.45, 7) is 5.43. The molecule has 0 bridgehead atoms. The Hall–Kier alpha value is -0.520. The van der Waals surface area contributed by atoms with E-state index in [4.69, 9.17) is 0 Å². The van der Waals surface area contributed by atoms with Crippen molar-refractivity contribution in [2.24, 2.45) is 0 Å². The summed E-state index contributed by atoms with van der Waals surface area (Å²) in [5.41, 5.74) is 0.538. The van der Waals surface area contributed by atoms with Crippen LogP contribution in [-0.2, 0) is 6.54 Å². The van der Waals surface area contributed by atoms with E-state index in [9.17, 15) is 5.11 Å². The number of nitrogens with one attached hydrogen (secondary N) is 2. The minimum absolute atomic E-state index is 0.561. The zero-order chi connectivity index (χ0) is 11.1. The molecule has 1 aromatic heterocycles. The second-order valence-corrected chi connectivity index (χ2v) is 5.23. The smallest absolute Gasteiger partial charge is 0.0681 e. The normalized spacial score (nSPS) is 11.9. The zero-order valence-corrected chi connectivity index (χ0v) is 10.1. The van der Waals surface area contributed by atoms with E-state index >= 15 is 0 Å². The summed E-state index contributed by atoms with van der Waals surface area (Å²) in [7, 11) is 0. The minimum atomic E-state index is -0.561. The van der Waals surface area contributed by atoms with Gasteiger partial charge in [0.05, 0.1) is 5.60 Å². The van der Waals surface area contributed by atoms with Crippen LogP contribution in [0.5, 0.6) is 0 Å². The molecule has 0 aliphatic heterocycles. The van der Waals surface area contributed by atoms with Gasteiger partial charge in [0.15, 0.2) is 0 Å². The summed E-state index contributed by atoms with van der Waals surface area (Å²) >= 11 is 1.76. The average molecular weight is 229 g/mol. The Morgan fingerprint density at radius 2 is 2.40 bits per heavy atom. The van der Waals surface area contributed by atoms with E-state index in [0.29, 0.717) is 0 Å². The first-order chi connectivity index (χ1) is 7.08. The molecule has 0 saturated heterocycles. The van der Waals surface area contributed by atoms with Gasteiger partial charge in [-0.1, -0.05) is 0 Å². The van der Waals surface area contributed by atoms with Crippen LogP contribution in [0.1, 0.15) is 19.5 Å². The number of hydrogen-bond acceptors (Lipinski definition) is 4. The molecule has 15 heavy (non-hydrogen) atoms. The van der Waals surface area contributed by atoms with Gasteiger partial charge in [-0.3, -0.25) is 5.10 Å². The summed E-state index contributed by atoms with van der Waals surface area (Å²) in [5.74, 6) is 1.79. The number of aromatic nitrogens is 2. The number of aliphatic hydroxyl groups is 1. The molecular formula is C10H19N3OS. The number of thioether (sulfide) groups is 1. The molecule has 0 aliphatic carbocycles. The topological polar surface area (TPSA) is 60.9 Å². The van der Waals surface area contributed by atoms with Gasteiger partial charge >= 0.3 is 0 Å². The molecule has 0 saturated carbocycles. The second-order valence-electron chi connectivity index (χ2n) is 4.12. The van der Waals surface area contributed by atoms with E-state index < -0.39 is 5.60 Å². The van der Waals surface area contributed by atoms with Crippen molar-refractivity contribution in [2.45, 2.75) is 26.0 Å². The van der Waals surface area contributed by atoms with E-state index in [1.807, 2.05) is 19.9 Å². The van der Waals surface area contributed by atoms with Crippen LogP contribution >= 0.6 is 11.8 Å². The standard InChI is InChI=1S/C10H19N3OS/c1-10(2,14)8-15-6-5-11-7-9-3-4-12-13-9/h3-4,11,14H,5-8H2,1-2H3,(H,12,13). The van der Waals surface area contributed by atoms with Crippen molar-refractivity contribution in [1.29, 1.82) is 0 Å². The number of nitrogens with zero attached hydrogens (tertiary/aromatic N) is 1. The highest BCUT2D eigenvalue weighted by Gasteiger charge is 2.11. The Morgan fingerprint density at radius 1 is 1.60 bits per heavy atom. The molecular weight excluding hydrogens is 210 g/mol. The molecule has 0 radical (unpaired) electrons. The first kappa shape index (κ1) is 12.5. The molecule has 0 unspecified atom stereocenters. The van der Waals surface area contributed by atoms with Crippen molar-refractivity contribution < 1.29 is 5.11 Å². The minimum Gasteiger partial charge on any atom is -0.390 e. The summed E-state index contributed by atoms with van der Waals surface area (Å²) in [6.07, 6.45) is 1.75. The third kappa shape index (κ3) is 6.54. The largest absolute Gasteiger partial charge is 0.390 e. The van der Waals surface area contributed by atoms with Gasteiger partial charge in [-0.25, -0.2) is 0 Å². The highest BCUT2D eigenvalue weighted by atomic mass is 32.2. The molecule has 86 valence electrons. The van der Waals surface area contributed by atoms with Crippen LogP contribution in [0.15, 0.2) is 12.3 Å². The van der Waals surface area contributed by atoms with Crippen molar-refractivity contribution in [3.05, 3.63) is 18.0 Å². The molecule has 4 nitrogen and oxygen atoms in total. The molecule has 0 fully saturated rings. The highest BCUT2D eigenvalue weighted by Crippen LogP contribution is 2.10. The lowest BCUT2D eigenvalue weighted by Gasteiger charge is -2.15. The summed E-state index contributed by atoms with van der Waals surface area (Å²) in [6, 6.07) is 1.96. The SMILES string of the molecule is CC(C)(O)CSCCNCc1ccn[nH]1. The number of hydrogen-bond donors (Lipinski definition) is 3. The monoisotopic (exact) mass is 229 g/mol. The lowest BCUT2D eigenvalue weighted by atomic mass is 10.2. The molecule has 1 rings (SSSR count). The maximum Gasteiger partial charge on any atom is 0.0681 e. The van der Waals surface area contributed by atoms with Crippen molar-refractivity contribution in [3.8, 4) is 0 Å². The lowest BCUT2D eigenvalue weighted by Crippen LogP contribution is -2.23. The predicted octanol–water partition coefficient (Wildman–Crippen LogP) is 1.00. The fourth-order valence-corrected chi connectivity index (χ4v) is 2.01. The van der Waals surface area contributed by atoms with Crippen LogP contribution in [-0.4, -0.2) is 39.0 Å². The quantitative estimate of drug-likeness (QED) is 0.611. The molecule has 0 aliphatic rings. The van der Waals surface area contributed by atoms with E-state index in [0.717, 1.165) is 30.3 Å². The van der Waals surface area contributed by atoms with Crippen LogP contribution in [0, 0.1) is 0 Å². The van der Waals surface area contributed by atoms with Crippen LogP contribution in [0.3, 0.4) is 0 Å². The lowest BCUT2D eigenvalue weighted by molar-refractivity contribution is 0.107. The Kier molecular flexibility index (Phi) is 5.14. The van der Waals surface area contributed by atoms with Gasteiger partial charge in [0.25, 0.3) is 0 Å². The first-order valence-corrected chi connectivity index (χ1v) is 6.22. The van der Waals surface area contributed by atoms with Crippen molar-refractivity contribution in [3.63, 3.8) is 0 Å². The van der Waals surface area contributed by atoms with Gasteiger partial charge < -0.3 is 10.4 Å². The molecule has 0 spiro atoms. The Labute approximate surface area is 94.9 Å². The van der Waals surface area contributed by atoms with Crippen LogP contribution in [0.25, 0.3) is 0 Å². The summed E-state index contributed by atoms with van der Waals surface area (Å²) in [5, 5.41) is 19.5. The van der Waals surface area contributed by atoms with E-state index in [1.165, 1.54) is 0 Å². The van der Waals surface area contributed by atoms with E-state index in [-0.39, 0.29) is 0 Å². The number of rotatable bonds is 7. The van der Waals surface area contributed by atoms with Crippen molar-refractivity contribution in [2.75, 3.05) is 18.1 Å². The van der Waals surface area contributed by atoms with Gasteiger partial charge in [0, 0.05) is 36.5 Å². The van der Waals surface area contributed by atoms with Gasteiger partial charge in [-0.15, -0.1) is 0 Å². The maximum atomic E-state index is 9.47. The Balaban J connectivity index is 1.94. The average Bonchev–Trinajstić information content (AvgIpc) is 2.61. The van der Waals surface area contributed by atoms with Crippen LogP contribution in [0.4, 0.5) is 0 Å². The molecule has 5 heteroatoms. The van der Waals surface area contributed by atoms with E-state index in [1.54, 1.807) is 18.0 Å². The molecule has 0 atom stereocenters.